The molecule has 0 spiro atoms. The minimum absolute atomic E-state index is 0.0777. The molecular weight excluding hydrogens is 264 g/mol. The molecule has 2 rings (SSSR count). The molecule has 0 saturated heterocycles. The van der Waals surface area contributed by atoms with Crippen LogP contribution >= 0.6 is 11.6 Å². The SMILES string of the molecule is COCCCn1cc(C)c2c(Cl)nc(C(C)=O)cc21. The number of pyridine rings is 1. The molecule has 4 nitrogen and oxygen atoms in total. The lowest BCUT2D eigenvalue weighted by Gasteiger charge is -2.06. The highest BCUT2D eigenvalue weighted by Gasteiger charge is 2.13. The molecular formula is C14H17ClN2O2. The van der Waals surface area contributed by atoms with Crippen LogP contribution in [-0.4, -0.2) is 29.1 Å². The number of hydrogen-bond donors (Lipinski definition) is 0. The summed E-state index contributed by atoms with van der Waals surface area (Å²) in [5, 5.41) is 1.31. The molecule has 0 aliphatic rings. The monoisotopic (exact) mass is 280 g/mol. The van der Waals surface area contributed by atoms with Gasteiger partial charge in [-0.05, 0) is 25.0 Å². The average Bonchev–Trinajstić information content (AvgIpc) is 2.67. The van der Waals surface area contributed by atoms with Crippen LogP contribution in [0.15, 0.2) is 12.3 Å². The summed E-state index contributed by atoms with van der Waals surface area (Å²) < 4.78 is 7.16. The van der Waals surface area contributed by atoms with E-state index < -0.39 is 0 Å². The summed E-state index contributed by atoms with van der Waals surface area (Å²) in [6.45, 7) is 5.03. The molecule has 0 fully saturated rings. The fourth-order valence-electron chi connectivity index (χ4n) is 2.20. The van der Waals surface area contributed by atoms with Crippen LogP contribution < -0.4 is 0 Å². The predicted octanol–water partition coefficient (Wildman–Crippen LogP) is 3.24. The molecule has 102 valence electrons. The summed E-state index contributed by atoms with van der Waals surface area (Å²) in [5.41, 5.74) is 2.43. The molecule has 0 amide bonds. The molecule has 0 unspecified atom stereocenters. The Balaban J connectivity index is 2.50. The first-order valence-corrected chi connectivity index (χ1v) is 6.58. The minimum Gasteiger partial charge on any atom is -0.385 e. The van der Waals surface area contributed by atoms with E-state index in [2.05, 4.69) is 9.55 Å². The Labute approximate surface area is 117 Å². The van der Waals surface area contributed by atoms with Gasteiger partial charge in [0.1, 0.15) is 10.8 Å². The van der Waals surface area contributed by atoms with Gasteiger partial charge in [0.05, 0.1) is 5.52 Å². The predicted molar refractivity (Wildman–Crippen MR) is 76.0 cm³/mol. The number of Topliss-reactive ketones (excluding diaryl/α,β-unsaturated/α-hetero) is 1. The smallest absolute Gasteiger partial charge is 0.178 e. The molecule has 2 heterocycles. The number of ether oxygens (including phenoxy) is 1. The third-order valence-corrected chi connectivity index (χ3v) is 3.39. The van der Waals surface area contributed by atoms with E-state index in [4.69, 9.17) is 16.3 Å². The lowest BCUT2D eigenvalue weighted by atomic mass is 10.2. The highest BCUT2D eigenvalue weighted by molar-refractivity contribution is 6.34. The number of aryl methyl sites for hydroxylation is 2. The first-order valence-electron chi connectivity index (χ1n) is 6.20. The topological polar surface area (TPSA) is 44.1 Å². The van der Waals surface area contributed by atoms with Crippen molar-refractivity contribution in [2.45, 2.75) is 26.8 Å². The zero-order valence-electron chi connectivity index (χ0n) is 11.4. The van der Waals surface area contributed by atoms with Crippen LogP contribution in [0.4, 0.5) is 0 Å². The van der Waals surface area contributed by atoms with Crippen molar-refractivity contribution in [3.63, 3.8) is 0 Å². The van der Waals surface area contributed by atoms with Crippen LogP contribution in [0.25, 0.3) is 10.9 Å². The summed E-state index contributed by atoms with van der Waals surface area (Å²) in [5.74, 6) is -0.0777. The Morgan fingerprint density at radius 1 is 1.53 bits per heavy atom. The summed E-state index contributed by atoms with van der Waals surface area (Å²) in [6.07, 6.45) is 2.95. The molecule has 0 radical (unpaired) electrons. The summed E-state index contributed by atoms with van der Waals surface area (Å²) >= 11 is 6.18. The molecule has 2 aromatic rings. The quantitative estimate of drug-likeness (QED) is 0.480. The second-order valence-corrected chi connectivity index (χ2v) is 4.96. The molecule has 5 heteroatoms. The van der Waals surface area contributed by atoms with E-state index in [0.29, 0.717) is 17.5 Å². The lowest BCUT2D eigenvalue weighted by molar-refractivity contribution is 0.101. The first kappa shape index (κ1) is 14.0. The van der Waals surface area contributed by atoms with Gasteiger partial charge >= 0.3 is 0 Å². The van der Waals surface area contributed by atoms with E-state index in [1.54, 1.807) is 7.11 Å². The summed E-state index contributed by atoms with van der Waals surface area (Å²) in [6, 6.07) is 1.81. The number of rotatable bonds is 5. The zero-order valence-corrected chi connectivity index (χ0v) is 12.1. The highest BCUT2D eigenvalue weighted by atomic mass is 35.5. The minimum atomic E-state index is -0.0777. The van der Waals surface area contributed by atoms with Crippen LogP contribution in [-0.2, 0) is 11.3 Å². The van der Waals surface area contributed by atoms with Crippen molar-refractivity contribution in [3.8, 4) is 0 Å². The second kappa shape index (κ2) is 5.72. The highest BCUT2D eigenvalue weighted by Crippen LogP contribution is 2.28. The van der Waals surface area contributed by atoms with E-state index in [1.807, 2.05) is 19.2 Å². The fourth-order valence-corrected chi connectivity index (χ4v) is 2.54. The lowest BCUT2D eigenvalue weighted by Crippen LogP contribution is -2.02. The number of nitrogens with zero attached hydrogens (tertiary/aromatic N) is 2. The van der Waals surface area contributed by atoms with Crippen molar-refractivity contribution in [2.24, 2.45) is 0 Å². The Hall–Kier alpha value is -1.39. The number of carbonyl (C=O) groups excluding carboxylic acids is 1. The zero-order chi connectivity index (χ0) is 14.0. The average molecular weight is 281 g/mol. The molecule has 0 aliphatic heterocycles. The third kappa shape index (κ3) is 2.80. The number of ketones is 1. The van der Waals surface area contributed by atoms with Crippen LogP contribution in [0.1, 0.15) is 29.4 Å². The number of carbonyl (C=O) groups is 1. The largest absolute Gasteiger partial charge is 0.385 e. The standard InChI is InChI=1S/C14H17ClN2O2/c1-9-8-17(5-4-6-19-3)12-7-11(10(2)18)16-14(15)13(9)12/h7-8H,4-6H2,1-3H3. The maximum absolute atomic E-state index is 11.5. The second-order valence-electron chi connectivity index (χ2n) is 4.60. The molecule has 0 atom stereocenters. The molecule has 0 saturated carbocycles. The van der Waals surface area contributed by atoms with E-state index >= 15 is 0 Å². The van der Waals surface area contributed by atoms with Gasteiger partial charge in [-0.3, -0.25) is 4.79 Å². The van der Waals surface area contributed by atoms with Crippen molar-refractivity contribution in [3.05, 3.63) is 28.7 Å². The number of fused-ring (bicyclic) bond motifs is 1. The molecule has 19 heavy (non-hydrogen) atoms. The molecule has 2 aromatic heterocycles. The molecule has 0 aliphatic carbocycles. The van der Waals surface area contributed by atoms with Crippen LogP contribution in [0, 0.1) is 6.92 Å². The van der Waals surface area contributed by atoms with Crippen molar-refractivity contribution in [1.82, 2.24) is 9.55 Å². The normalized spacial score (nSPS) is 11.2. The van der Waals surface area contributed by atoms with Gasteiger partial charge in [-0.25, -0.2) is 4.98 Å². The van der Waals surface area contributed by atoms with Crippen molar-refractivity contribution in [2.75, 3.05) is 13.7 Å². The Morgan fingerprint density at radius 3 is 2.89 bits per heavy atom. The van der Waals surface area contributed by atoms with Gasteiger partial charge in [0.15, 0.2) is 5.78 Å². The van der Waals surface area contributed by atoms with Gasteiger partial charge in [-0.15, -0.1) is 0 Å². The summed E-state index contributed by atoms with van der Waals surface area (Å²) in [4.78, 5) is 15.6. The number of methoxy groups -OCH3 is 1. The Kier molecular flexibility index (Phi) is 4.22. The molecule has 0 bridgehead atoms. The Bertz CT molecular complexity index is 619. The van der Waals surface area contributed by atoms with Crippen LogP contribution in [0.3, 0.4) is 0 Å². The number of halogens is 1. The maximum Gasteiger partial charge on any atom is 0.178 e. The van der Waals surface area contributed by atoms with E-state index in [-0.39, 0.29) is 5.78 Å². The van der Waals surface area contributed by atoms with Gasteiger partial charge in [0.25, 0.3) is 0 Å². The van der Waals surface area contributed by atoms with Gasteiger partial charge in [0.2, 0.25) is 0 Å². The molecule has 0 N–H and O–H groups in total. The number of aromatic nitrogens is 2. The Morgan fingerprint density at radius 2 is 2.26 bits per heavy atom. The van der Waals surface area contributed by atoms with E-state index in [1.165, 1.54) is 6.92 Å². The molecule has 0 aromatic carbocycles. The van der Waals surface area contributed by atoms with Crippen molar-refractivity contribution >= 4 is 28.3 Å². The number of hydrogen-bond acceptors (Lipinski definition) is 3. The maximum atomic E-state index is 11.5. The van der Waals surface area contributed by atoms with Gasteiger partial charge < -0.3 is 9.30 Å². The van der Waals surface area contributed by atoms with Crippen LogP contribution in [0.2, 0.25) is 5.15 Å². The van der Waals surface area contributed by atoms with E-state index in [0.717, 1.165) is 29.4 Å². The van der Waals surface area contributed by atoms with Crippen molar-refractivity contribution < 1.29 is 9.53 Å². The third-order valence-electron chi connectivity index (χ3n) is 3.12. The van der Waals surface area contributed by atoms with Crippen molar-refractivity contribution in [1.29, 1.82) is 0 Å². The van der Waals surface area contributed by atoms with Gasteiger partial charge in [-0.2, -0.15) is 0 Å². The van der Waals surface area contributed by atoms with Crippen LogP contribution in [0.5, 0.6) is 0 Å². The summed E-state index contributed by atoms with van der Waals surface area (Å²) in [7, 11) is 1.69. The first-order chi connectivity index (χ1) is 9.04. The fraction of sp³-hybridized carbons (Fsp3) is 0.429. The van der Waals surface area contributed by atoms with Gasteiger partial charge in [0, 0.05) is 38.8 Å². The van der Waals surface area contributed by atoms with E-state index in [9.17, 15) is 4.79 Å². The van der Waals surface area contributed by atoms with Gasteiger partial charge in [-0.1, -0.05) is 11.6 Å².